The molecule has 0 saturated carbocycles. The Morgan fingerprint density at radius 1 is 1.19 bits per heavy atom. The standard InChI is InChI=1S/C16H18ClN3O/c1-10(2)19-16(21)15-7-6-13(9-18-15)20-12-5-4-11(3)14(17)8-12/h4-10,20H,1-3H3,(H,19,21). The van der Waals surface area contributed by atoms with Crippen LogP contribution >= 0.6 is 11.6 Å². The summed E-state index contributed by atoms with van der Waals surface area (Å²) in [5.74, 6) is -0.171. The van der Waals surface area contributed by atoms with E-state index in [0.717, 1.165) is 16.9 Å². The summed E-state index contributed by atoms with van der Waals surface area (Å²) >= 11 is 6.09. The zero-order chi connectivity index (χ0) is 15.4. The average Bonchev–Trinajstić information content (AvgIpc) is 2.43. The van der Waals surface area contributed by atoms with Crippen LogP contribution in [0.5, 0.6) is 0 Å². The highest BCUT2D eigenvalue weighted by Crippen LogP contribution is 2.22. The summed E-state index contributed by atoms with van der Waals surface area (Å²) in [5, 5.41) is 6.71. The van der Waals surface area contributed by atoms with Crippen LogP contribution in [0.1, 0.15) is 29.9 Å². The lowest BCUT2D eigenvalue weighted by Crippen LogP contribution is -2.30. The van der Waals surface area contributed by atoms with Crippen molar-refractivity contribution in [2.24, 2.45) is 0 Å². The number of carbonyl (C=O) groups excluding carboxylic acids is 1. The number of aryl methyl sites for hydroxylation is 1. The van der Waals surface area contributed by atoms with Gasteiger partial charge in [0.15, 0.2) is 0 Å². The van der Waals surface area contributed by atoms with Crippen molar-refractivity contribution < 1.29 is 4.79 Å². The Morgan fingerprint density at radius 2 is 1.90 bits per heavy atom. The van der Waals surface area contributed by atoms with Gasteiger partial charge in [-0.2, -0.15) is 0 Å². The van der Waals surface area contributed by atoms with Gasteiger partial charge in [0.05, 0.1) is 11.9 Å². The highest BCUT2D eigenvalue weighted by atomic mass is 35.5. The molecule has 0 atom stereocenters. The number of halogens is 1. The molecular formula is C16H18ClN3O. The van der Waals surface area contributed by atoms with Gasteiger partial charge in [-0.05, 0) is 50.6 Å². The van der Waals surface area contributed by atoms with Crippen LogP contribution in [0.2, 0.25) is 5.02 Å². The molecule has 0 saturated heterocycles. The van der Waals surface area contributed by atoms with E-state index in [4.69, 9.17) is 11.6 Å². The van der Waals surface area contributed by atoms with Crippen molar-refractivity contribution in [1.29, 1.82) is 0 Å². The summed E-state index contributed by atoms with van der Waals surface area (Å²) in [6.07, 6.45) is 1.63. The molecule has 4 nitrogen and oxygen atoms in total. The molecule has 0 aliphatic carbocycles. The number of pyridine rings is 1. The predicted molar refractivity (Wildman–Crippen MR) is 86.3 cm³/mol. The number of nitrogens with one attached hydrogen (secondary N) is 2. The number of amides is 1. The molecule has 0 spiro atoms. The third-order valence-electron chi connectivity index (χ3n) is 2.88. The SMILES string of the molecule is Cc1ccc(Nc2ccc(C(=O)NC(C)C)nc2)cc1Cl. The second-order valence-electron chi connectivity index (χ2n) is 5.15. The molecule has 1 aromatic carbocycles. The van der Waals surface area contributed by atoms with Gasteiger partial charge < -0.3 is 10.6 Å². The van der Waals surface area contributed by atoms with Crippen molar-refractivity contribution in [3.63, 3.8) is 0 Å². The monoisotopic (exact) mass is 303 g/mol. The number of nitrogens with zero attached hydrogens (tertiary/aromatic N) is 1. The summed E-state index contributed by atoms with van der Waals surface area (Å²) < 4.78 is 0. The van der Waals surface area contributed by atoms with Crippen molar-refractivity contribution in [2.45, 2.75) is 26.8 Å². The molecule has 0 bridgehead atoms. The smallest absolute Gasteiger partial charge is 0.270 e. The summed E-state index contributed by atoms with van der Waals surface area (Å²) in [7, 11) is 0. The molecule has 0 unspecified atom stereocenters. The minimum atomic E-state index is -0.171. The van der Waals surface area contributed by atoms with Gasteiger partial charge in [0.25, 0.3) is 5.91 Å². The normalized spacial score (nSPS) is 10.5. The fraction of sp³-hybridized carbons (Fsp3) is 0.250. The Balaban J connectivity index is 2.08. The first-order valence-electron chi connectivity index (χ1n) is 6.76. The molecule has 1 amide bonds. The lowest BCUT2D eigenvalue weighted by Gasteiger charge is -2.10. The van der Waals surface area contributed by atoms with E-state index in [-0.39, 0.29) is 11.9 Å². The van der Waals surface area contributed by atoms with Crippen molar-refractivity contribution in [3.05, 3.63) is 52.8 Å². The largest absolute Gasteiger partial charge is 0.354 e. The van der Waals surface area contributed by atoms with Crippen LogP contribution in [0.25, 0.3) is 0 Å². The zero-order valence-electron chi connectivity index (χ0n) is 12.3. The Kier molecular flexibility index (Phi) is 4.81. The van der Waals surface area contributed by atoms with Gasteiger partial charge in [0.2, 0.25) is 0 Å². The average molecular weight is 304 g/mol. The van der Waals surface area contributed by atoms with Crippen molar-refractivity contribution >= 4 is 28.9 Å². The maximum Gasteiger partial charge on any atom is 0.270 e. The lowest BCUT2D eigenvalue weighted by atomic mass is 10.2. The number of hydrogen-bond acceptors (Lipinski definition) is 3. The predicted octanol–water partition coefficient (Wildman–Crippen LogP) is 3.93. The number of rotatable bonds is 4. The number of benzene rings is 1. The van der Waals surface area contributed by atoms with Gasteiger partial charge >= 0.3 is 0 Å². The van der Waals surface area contributed by atoms with E-state index in [2.05, 4.69) is 15.6 Å². The first-order valence-corrected chi connectivity index (χ1v) is 7.13. The van der Waals surface area contributed by atoms with Gasteiger partial charge in [0.1, 0.15) is 5.69 Å². The zero-order valence-corrected chi connectivity index (χ0v) is 13.0. The number of carbonyl (C=O) groups is 1. The molecule has 21 heavy (non-hydrogen) atoms. The highest BCUT2D eigenvalue weighted by Gasteiger charge is 2.08. The fourth-order valence-corrected chi connectivity index (χ4v) is 1.96. The molecule has 0 aliphatic rings. The maximum absolute atomic E-state index is 11.8. The van der Waals surface area contributed by atoms with Crippen LogP contribution in [-0.4, -0.2) is 16.9 Å². The van der Waals surface area contributed by atoms with E-state index in [9.17, 15) is 4.79 Å². The molecule has 1 aromatic heterocycles. The lowest BCUT2D eigenvalue weighted by molar-refractivity contribution is 0.0938. The van der Waals surface area contributed by atoms with Crippen LogP contribution in [0.4, 0.5) is 11.4 Å². The van der Waals surface area contributed by atoms with Gasteiger partial charge in [0, 0.05) is 16.8 Å². The molecule has 0 radical (unpaired) electrons. The molecule has 0 aliphatic heterocycles. The van der Waals surface area contributed by atoms with Crippen molar-refractivity contribution in [2.75, 3.05) is 5.32 Å². The third kappa shape index (κ3) is 4.20. The molecule has 1 heterocycles. The van der Waals surface area contributed by atoms with E-state index < -0.39 is 0 Å². The van der Waals surface area contributed by atoms with E-state index in [1.54, 1.807) is 12.3 Å². The number of hydrogen-bond donors (Lipinski definition) is 2. The third-order valence-corrected chi connectivity index (χ3v) is 3.28. The van der Waals surface area contributed by atoms with E-state index in [1.807, 2.05) is 45.0 Å². The Bertz CT molecular complexity index is 638. The summed E-state index contributed by atoms with van der Waals surface area (Å²) in [4.78, 5) is 16.0. The van der Waals surface area contributed by atoms with Gasteiger partial charge in [-0.1, -0.05) is 17.7 Å². The van der Waals surface area contributed by atoms with Gasteiger partial charge in [-0.25, -0.2) is 4.98 Å². The van der Waals surface area contributed by atoms with E-state index in [0.29, 0.717) is 10.7 Å². The van der Waals surface area contributed by atoms with E-state index in [1.165, 1.54) is 0 Å². The minimum absolute atomic E-state index is 0.0896. The molecule has 2 aromatic rings. The summed E-state index contributed by atoms with van der Waals surface area (Å²) in [6, 6.07) is 9.34. The molecule has 110 valence electrons. The van der Waals surface area contributed by atoms with Crippen LogP contribution in [-0.2, 0) is 0 Å². The molecular weight excluding hydrogens is 286 g/mol. The van der Waals surface area contributed by atoms with Crippen molar-refractivity contribution in [3.8, 4) is 0 Å². The number of aromatic nitrogens is 1. The second-order valence-corrected chi connectivity index (χ2v) is 5.56. The Labute approximate surface area is 129 Å². The second kappa shape index (κ2) is 6.59. The number of anilines is 2. The van der Waals surface area contributed by atoms with Gasteiger partial charge in [-0.15, -0.1) is 0 Å². The van der Waals surface area contributed by atoms with Crippen LogP contribution in [0.15, 0.2) is 36.5 Å². The molecule has 5 heteroatoms. The fourth-order valence-electron chi connectivity index (χ4n) is 1.78. The van der Waals surface area contributed by atoms with Crippen molar-refractivity contribution in [1.82, 2.24) is 10.3 Å². The summed E-state index contributed by atoms with van der Waals surface area (Å²) in [5.41, 5.74) is 3.11. The van der Waals surface area contributed by atoms with Crippen LogP contribution in [0, 0.1) is 6.92 Å². The quantitative estimate of drug-likeness (QED) is 0.900. The molecule has 0 fully saturated rings. The van der Waals surface area contributed by atoms with Crippen LogP contribution in [0.3, 0.4) is 0 Å². The molecule has 2 N–H and O–H groups in total. The summed E-state index contributed by atoms with van der Waals surface area (Å²) in [6.45, 7) is 5.78. The Hall–Kier alpha value is -2.07. The topological polar surface area (TPSA) is 54.0 Å². The van der Waals surface area contributed by atoms with E-state index >= 15 is 0 Å². The molecule has 2 rings (SSSR count). The minimum Gasteiger partial charge on any atom is -0.354 e. The maximum atomic E-state index is 11.8. The highest BCUT2D eigenvalue weighted by molar-refractivity contribution is 6.31. The van der Waals surface area contributed by atoms with Gasteiger partial charge in [-0.3, -0.25) is 4.79 Å². The Morgan fingerprint density at radius 3 is 2.48 bits per heavy atom. The van der Waals surface area contributed by atoms with Crippen LogP contribution < -0.4 is 10.6 Å². The first kappa shape index (κ1) is 15.3. The first-order chi connectivity index (χ1) is 9.95.